The lowest BCUT2D eigenvalue weighted by molar-refractivity contribution is 0.173. The number of para-hydroxylation sites is 1. The average Bonchev–Trinajstić information content (AvgIpc) is 2.67. The first-order valence-corrected chi connectivity index (χ1v) is 5.00. The van der Waals surface area contributed by atoms with Gasteiger partial charge in [0.1, 0.15) is 0 Å². The van der Waals surface area contributed by atoms with Crippen molar-refractivity contribution in [1.82, 2.24) is 5.32 Å². The van der Waals surface area contributed by atoms with Crippen LogP contribution in [0.5, 0.6) is 11.5 Å². The molecule has 0 amide bonds. The number of fused-ring (bicyclic) bond motifs is 1. The van der Waals surface area contributed by atoms with Crippen molar-refractivity contribution in [2.24, 2.45) is 0 Å². The van der Waals surface area contributed by atoms with E-state index in [9.17, 15) is 0 Å². The van der Waals surface area contributed by atoms with Crippen LogP contribution in [0.1, 0.15) is 18.9 Å². The second-order valence-electron chi connectivity index (χ2n) is 3.33. The van der Waals surface area contributed by atoms with Gasteiger partial charge in [0.2, 0.25) is 6.79 Å². The molecule has 14 heavy (non-hydrogen) atoms. The van der Waals surface area contributed by atoms with Crippen molar-refractivity contribution in [2.45, 2.75) is 19.9 Å². The summed E-state index contributed by atoms with van der Waals surface area (Å²) in [7, 11) is 0. The van der Waals surface area contributed by atoms with Crippen molar-refractivity contribution >= 4 is 0 Å². The Labute approximate surface area is 84.0 Å². The van der Waals surface area contributed by atoms with Crippen LogP contribution in [-0.2, 0) is 6.54 Å². The van der Waals surface area contributed by atoms with Gasteiger partial charge in [-0.15, -0.1) is 0 Å². The predicted octanol–water partition coefficient (Wildman–Crippen LogP) is 1.91. The minimum absolute atomic E-state index is 0.347. The highest BCUT2D eigenvalue weighted by Gasteiger charge is 2.16. The Kier molecular flexibility index (Phi) is 2.89. The van der Waals surface area contributed by atoms with Crippen LogP contribution in [-0.4, -0.2) is 13.3 Å². The van der Waals surface area contributed by atoms with Gasteiger partial charge in [0.25, 0.3) is 0 Å². The predicted molar refractivity (Wildman–Crippen MR) is 54.6 cm³/mol. The fourth-order valence-electron chi connectivity index (χ4n) is 1.53. The second kappa shape index (κ2) is 4.33. The van der Waals surface area contributed by atoms with Gasteiger partial charge in [-0.25, -0.2) is 0 Å². The Bertz CT molecular complexity index is 312. The molecule has 1 aliphatic heterocycles. The first kappa shape index (κ1) is 9.34. The minimum atomic E-state index is 0.347. The van der Waals surface area contributed by atoms with Crippen LogP contribution in [0, 0.1) is 0 Å². The van der Waals surface area contributed by atoms with Crippen molar-refractivity contribution in [3.05, 3.63) is 23.8 Å². The fourth-order valence-corrected chi connectivity index (χ4v) is 1.53. The molecule has 0 unspecified atom stereocenters. The number of ether oxygens (including phenoxy) is 2. The molecular formula is C11H15NO2. The first-order chi connectivity index (χ1) is 6.92. The molecule has 1 N–H and O–H groups in total. The molecule has 0 saturated heterocycles. The van der Waals surface area contributed by atoms with E-state index in [0.29, 0.717) is 6.79 Å². The molecule has 2 rings (SSSR count). The van der Waals surface area contributed by atoms with Crippen LogP contribution in [0.15, 0.2) is 18.2 Å². The van der Waals surface area contributed by atoms with Crippen molar-refractivity contribution in [1.29, 1.82) is 0 Å². The highest BCUT2D eigenvalue weighted by atomic mass is 16.7. The minimum Gasteiger partial charge on any atom is -0.454 e. The van der Waals surface area contributed by atoms with Gasteiger partial charge < -0.3 is 14.8 Å². The van der Waals surface area contributed by atoms with E-state index in [1.165, 1.54) is 5.56 Å². The normalized spacial score (nSPS) is 13.2. The molecule has 0 atom stereocenters. The van der Waals surface area contributed by atoms with E-state index in [-0.39, 0.29) is 0 Å². The lowest BCUT2D eigenvalue weighted by Gasteiger charge is -2.06. The molecule has 76 valence electrons. The van der Waals surface area contributed by atoms with E-state index in [1.54, 1.807) is 0 Å². The molecule has 0 fully saturated rings. The van der Waals surface area contributed by atoms with Crippen molar-refractivity contribution < 1.29 is 9.47 Å². The lowest BCUT2D eigenvalue weighted by Crippen LogP contribution is -2.14. The highest BCUT2D eigenvalue weighted by molar-refractivity contribution is 5.47. The summed E-state index contributed by atoms with van der Waals surface area (Å²) in [6.07, 6.45) is 1.15. The summed E-state index contributed by atoms with van der Waals surface area (Å²) in [5, 5.41) is 3.35. The van der Waals surface area contributed by atoms with E-state index in [2.05, 4.69) is 18.3 Å². The third kappa shape index (κ3) is 1.82. The molecule has 0 aliphatic carbocycles. The monoisotopic (exact) mass is 193 g/mol. The summed E-state index contributed by atoms with van der Waals surface area (Å²) in [5.41, 5.74) is 1.17. The van der Waals surface area contributed by atoms with Crippen molar-refractivity contribution in [3.8, 4) is 11.5 Å². The van der Waals surface area contributed by atoms with Gasteiger partial charge in [-0.1, -0.05) is 19.1 Å². The Morgan fingerprint density at radius 3 is 3.14 bits per heavy atom. The summed E-state index contributed by atoms with van der Waals surface area (Å²) in [4.78, 5) is 0. The zero-order valence-electron chi connectivity index (χ0n) is 8.38. The SMILES string of the molecule is CCCNCc1cccc2c1OCO2. The summed E-state index contributed by atoms with van der Waals surface area (Å²) in [6.45, 7) is 4.38. The smallest absolute Gasteiger partial charge is 0.231 e. The van der Waals surface area contributed by atoms with Crippen LogP contribution in [0.2, 0.25) is 0 Å². The van der Waals surface area contributed by atoms with E-state index in [0.717, 1.165) is 31.0 Å². The molecule has 0 spiro atoms. The molecule has 0 radical (unpaired) electrons. The fraction of sp³-hybridized carbons (Fsp3) is 0.455. The molecule has 3 nitrogen and oxygen atoms in total. The largest absolute Gasteiger partial charge is 0.454 e. The molecule has 3 heteroatoms. The van der Waals surface area contributed by atoms with Gasteiger partial charge in [0, 0.05) is 12.1 Å². The molecule has 1 aromatic carbocycles. The lowest BCUT2D eigenvalue weighted by atomic mass is 10.2. The van der Waals surface area contributed by atoms with E-state index < -0.39 is 0 Å². The van der Waals surface area contributed by atoms with Crippen LogP contribution in [0.4, 0.5) is 0 Å². The topological polar surface area (TPSA) is 30.5 Å². The van der Waals surface area contributed by atoms with Gasteiger partial charge in [-0.3, -0.25) is 0 Å². The molecular weight excluding hydrogens is 178 g/mol. The summed E-state index contributed by atoms with van der Waals surface area (Å²) >= 11 is 0. The molecule has 0 bridgehead atoms. The maximum Gasteiger partial charge on any atom is 0.231 e. The van der Waals surface area contributed by atoms with E-state index >= 15 is 0 Å². The maximum atomic E-state index is 5.40. The van der Waals surface area contributed by atoms with Crippen LogP contribution < -0.4 is 14.8 Å². The summed E-state index contributed by atoms with van der Waals surface area (Å²) in [5.74, 6) is 1.76. The molecule has 1 heterocycles. The van der Waals surface area contributed by atoms with Crippen molar-refractivity contribution in [3.63, 3.8) is 0 Å². The average molecular weight is 193 g/mol. The van der Waals surface area contributed by atoms with Gasteiger partial charge in [-0.05, 0) is 19.0 Å². The number of rotatable bonds is 4. The van der Waals surface area contributed by atoms with Gasteiger partial charge >= 0.3 is 0 Å². The third-order valence-electron chi connectivity index (χ3n) is 2.22. The van der Waals surface area contributed by atoms with E-state index in [4.69, 9.17) is 9.47 Å². The van der Waals surface area contributed by atoms with Gasteiger partial charge in [0.15, 0.2) is 11.5 Å². The number of hydrogen-bond donors (Lipinski definition) is 1. The highest BCUT2D eigenvalue weighted by Crippen LogP contribution is 2.34. The maximum absolute atomic E-state index is 5.40. The Hall–Kier alpha value is -1.22. The van der Waals surface area contributed by atoms with Crippen molar-refractivity contribution in [2.75, 3.05) is 13.3 Å². The zero-order valence-corrected chi connectivity index (χ0v) is 8.38. The number of hydrogen-bond acceptors (Lipinski definition) is 3. The summed E-state index contributed by atoms with van der Waals surface area (Å²) in [6, 6.07) is 6.00. The first-order valence-electron chi connectivity index (χ1n) is 5.00. The van der Waals surface area contributed by atoms with Crippen LogP contribution in [0.3, 0.4) is 0 Å². The number of benzene rings is 1. The standard InChI is InChI=1S/C11H15NO2/c1-2-6-12-7-9-4-3-5-10-11(9)14-8-13-10/h3-5,12H,2,6-8H2,1H3. The molecule has 0 aromatic heterocycles. The molecule has 1 aliphatic rings. The van der Waals surface area contributed by atoms with Gasteiger partial charge in [0.05, 0.1) is 0 Å². The van der Waals surface area contributed by atoms with E-state index in [1.807, 2.05) is 12.1 Å². The molecule has 0 saturated carbocycles. The summed E-state index contributed by atoms with van der Waals surface area (Å²) < 4.78 is 10.7. The van der Waals surface area contributed by atoms with Gasteiger partial charge in [-0.2, -0.15) is 0 Å². The zero-order chi connectivity index (χ0) is 9.80. The third-order valence-corrected chi connectivity index (χ3v) is 2.22. The van der Waals surface area contributed by atoms with Crippen LogP contribution in [0.25, 0.3) is 0 Å². The number of nitrogens with one attached hydrogen (secondary N) is 1. The Morgan fingerprint density at radius 1 is 1.36 bits per heavy atom. The molecule has 1 aromatic rings. The quantitative estimate of drug-likeness (QED) is 0.741. The Balaban J connectivity index is 2.06. The Morgan fingerprint density at radius 2 is 2.29 bits per heavy atom. The van der Waals surface area contributed by atoms with Crippen LogP contribution >= 0.6 is 0 Å². The second-order valence-corrected chi connectivity index (χ2v) is 3.33.